The number of hydrogen-bond acceptors (Lipinski definition) is 4. The third-order valence-electron chi connectivity index (χ3n) is 3.23. The Morgan fingerprint density at radius 1 is 1.24 bits per heavy atom. The fourth-order valence-corrected chi connectivity index (χ4v) is 3.13. The molecule has 1 heterocycles. The first-order valence-electron chi connectivity index (χ1n) is 6.14. The van der Waals surface area contributed by atoms with Gasteiger partial charge in [-0.2, -0.15) is 0 Å². The van der Waals surface area contributed by atoms with Gasteiger partial charge in [-0.1, -0.05) is 17.8 Å². The zero-order valence-electron chi connectivity index (χ0n) is 9.69. The van der Waals surface area contributed by atoms with Crippen LogP contribution >= 0.6 is 11.3 Å². The second-order valence-corrected chi connectivity index (χ2v) is 5.62. The summed E-state index contributed by atoms with van der Waals surface area (Å²) >= 11 is 1.51. The minimum Gasteiger partial charge on any atom is -0.490 e. The van der Waals surface area contributed by atoms with Crippen LogP contribution in [0.4, 0.5) is 5.13 Å². The fraction of sp³-hybridized carbons (Fsp3) is 0.462. The summed E-state index contributed by atoms with van der Waals surface area (Å²) in [5.74, 6) is 0.952. The number of benzene rings is 1. The topological polar surface area (TPSA) is 48.1 Å². The molecule has 17 heavy (non-hydrogen) atoms. The van der Waals surface area contributed by atoms with Gasteiger partial charge in [-0.15, -0.1) is 0 Å². The molecule has 0 aliphatic heterocycles. The molecule has 0 bridgehead atoms. The summed E-state index contributed by atoms with van der Waals surface area (Å²) in [7, 11) is 0. The average molecular weight is 248 g/mol. The molecule has 90 valence electrons. The van der Waals surface area contributed by atoms with Crippen molar-refractivity contribution in [1.29, 1.82) is 0 Å². The number of nitrogens with zero attached hydrogens (tertiary/aromatic N) is 1. The number of anilines is 1. The van der Waals surface area contributed by atoms with Crippen molar-refractivity contribution in [2.45, 2.75) is 38.2 Å². The van der Waals surface area contributed by atoms with E-state index in [0.717, 1.165) is 16.0 Å². The Hall–Kier alpha value is -1.29. The Morgan fingerprint density at radius 3 is 2.88 bits per heavy atom. The van der Waals surface area contributed by atoms with E-state index in [4.69, 9.17) is 10.5 Å². The van der Waals surface area contributed by atoms with Crippen LogP contribution in [-0.2, 0) is 0 Å². The van der Waals surface area contributed by atoms with Crippen LogP contribution in [0.2, 0.25) is 0 Å². The van der Waals surface area contributed by atoms with Gasteiger partial charge in [0.25, 0.3) is 0 Å². The molecule has 0 amide bonds. The van der Waals surface area contributed by atoms with Gasteiger partial charge in [0, 0.05) is 0 Å². The van der Waals surface area contributed by atoms with E-state index in [1.54, 1.807) is 0 Å². The van der Waals surface area contributed by atoms with Crippen molar-refractivity contribution in [1.82, 2.24) is 4.98 Å². The number of nitrogens with two attached hydrogens (primary N) is 1. The molecular weight excluding hydrogens is 232 g/mol. The van der Waals surface area contributed by atoms with Crippen LogP contribution in [0.25, 0.3) is 10.2 Å². The van der Waals surface area contributed by atoms with Crippen LogP contribution in [0.3, 0.4) is 0 Å². The summed E-state index contributed by atoms with van der Waals surface area (Å²) in [6, 6.07) is 6.04. The minimum absolute atomic E-state index is 0.395. The predicted octanol–water partition coefficient (Wildman–Crippen LogP) is 3.59. The maximum Gasteiger partial charge on any atom is 0.181 e. The van der Waals surface area contributed by atoms with Crippen LogP contribution in [0.1, 0.15) is 32.1 Å². The van der Waals surface area contributed by atoms with Gasteiger partial charge < -0.3 is 10.5 Å². The van der Waals surface area contributed by atoms with Crippen molar-refractivity contribution in [3.63, 3.8) is 0 Å². The predicted molar refractivity (Wildman–Crippen MR) is 71.5 cm³/mol. The van der Waals surface area contributed by atoms with Crippen molar-refractivity contribution in [2.75, 3.05) is 5.73 Å². The Labute approximate surface area is 105 Å². The summed E-state index contributed by atoms with van der Waals surface area (Å²) in [5.41, 5.74) is 6.65. The van der Waals surface area contributed by atoms with Gasteiger partial charge in [0.15, 0.2) is 5.13 Å². The van der Waals surface area contributed by atoms with E-state index < -0.39 is 0 Å². The van der Waals surface area contributed by atoms with E-state index >= 15 is 0 Å². The summed E-state index contributed by atoms with van der Waals surface area (Å²) in [5, 5.41) is 0.620. The van der Waals surface area contributed by atoms with E-state index in [-0.39, 0.29) is 0 Å². The minimum atomic E-state index is 0.395. The molecule has 1 saturated carbocycles. The third kappa shape index (κ3) is 2.36. The Kier molecular flexibility index (Phi) is 2.89. The highest BCUT2D eigenvalue weighted by Crippen LogP contribution is 2.29. The molecule has 1 aliphatic rings. The first kappa shape index (κ1) is 10.8. The highest BCUT2D eigenvalue weighted by molar-refractivity contribution is 7.22. The zero-order chi connectivity index (χ0) is 11.7. The number of rotatable bonds is 2. The van der Waals surface area contributed by atoms with Gasteiger partial charge in [0.2, 0.25) is 0 Å². The first-order valence-corrected chi connectivity index (χ1v) is 6.95. The normalized spacial score (nSPS) is 17.4. The maximum atomic E-state index is 6.01. The lowest BCUT2D eigenvalue weighted by atomic mass is 9.98. The maximum absolute atomic E-state index is 6.01. The monoisotopic (exact) mass is 248 g/mol. The Bertz CT molecular complexity index is 517. The summed E-state index contributed by atoms with van der Waals surface area (Å²) < 4.78 is 7.12. The third-order valence-corrected chi connectivity index (χ3v) is 4.08. The van der Waals surface area contributed by atoms with Gasteiger partial charge in [0.05, 0.1) is 16.3 Å². The molecule has 2 aromatic rings. The van der Waals surface area contributed by atoms with Crippen LogP contribution in [-0.4, -0.2) is 11.1 Å². The van der Waals surface area contributed by atoms with E-state index in [1.165, 1.54) is 43.4 Å². The molecule has 4 heteroatoms. The van der Waals surface area contributed by atoms with Crippen LogP contribution in [0, 0.1) is 0 Å². The molecule has 0 saturated heterocycles. The molecule has 0 atom stereocenters. The molecule has 0 unspecified atom stereocenters. The van der Waals surface area contributed by atoms with Gasteiger partial charge in [-0.3, -0.25) is 0 Å². The number of ether oxygens (including phenoxy) is 1. The second-order valence-electron chi connectivity index (χ2n) is 4.56. The lowest BCUT2D eigenvalue weighted by Crippen LogP contribution is -2.19. The van der Waals surface area contributed by atoms with E-state index in [2.05, 4.69) is 11.1 Å². The summed E-state index contributed by atoms with van der Waals surface area (Å²) in [4.78, 5) is 4.24. The molecule has 2 N–H and O–H groups in total. The number of nitrogen functional groups attached to an aromatic ring is 1. The number of thiazole rings is 1. The molecule has 1 aliphatic carbocycles. The SMILES string of the molecule is Nc1nc2ccc(OC3CCCCC3)cc2s1. The van der Waals surface area contributed by atoms with Crippen LogP contribution in [0.15, 0.2) is 18.2 Å². The van der Waals surface area contributed by atoms with Gasteiger partial charge in [-0.05, 0) is 43.9 Å². The lowest BCUT2D eigenvalue weighted by molar-refractivity contribution is 0.155. The van der Waals surface area contributed by atoms with Crippen molar-refractivity contribution < 1.29 is 4.74 Å². The van der Waals surface area contributed by atoms with Crippen molar-refractivity contribution in [2.24, 2.45) is 0 Å². The number of fused-ring (bicyclic) bond motifs is 1. The molecule has 0 spiro atoms. The Balaban J connectivity index is 1.79. The lowest BCUT2D eigenvalue weighted by Gasteiger charge is -2.22. The smallest absolute Gasteiger partial charge is 0.181 e. The van der Waals surface area contributed by atoms with Crippen molar-refractivity contribution in [3.05, 3.63) is 18.2 Å². The van der Waals surface area contributed by atoms with Crippen molar-refractivity contribution in [3.8, 4) is 5.75 Å². The fourth-order valence-electron chi connectivity index (χ4n) is 2.37. The largest absolute Gasteiger partial charge is 0.490 e. The Morgan fingerprint density at radius 2 is 2.06 bits per heavy atom. The quantitative estimate of drug-likeness (QED) is 0.883. The summed E-state index contributed by atoms with van der Waals surface area (Å²) in [6.07, 6.45) is 6.70. The first-order chi connectivity index (χ1) is 8.31. The molecule has 3 nitrogen and oxygen atoms in total. The highest BCUT2D eigenvalue weighted by atomic mass is 32.1. The van der Waals surface area contributed by atoms with Crippen molar-refractivity contribution >= 4 is 26.7 Å². The average Bonchev–Trinajstić information content (AvgIpc) is 2.70. The van der Waals surface area contributed by atoms with Crippen LogP contribution < -0.4 is 10.5 Å². The molecule has 1 aromatic carbocycles. The highest BCUT2D eigenvalue weighted by Gasteiger charge is 2.15. The molecule has 3 rings (SSSR count). The molecule has 0 radical (unpaired) electrons. The van der Waals surface area contributed by atoms with E-state index in [9.17, 15) is 0 Å². The standard InChI is InChI=1S/C13H16N2OS/c14-13-15-11-7-6-10(8-12(11)17-13)16-9-4-2-1-3-5-9/h6-9H,1-5H2,(H2,14,15). The van der Waals surface area contributed by atoms with E-state index in [1.807, 2.05) is 12.1 Å². The number of hydrogen-bond donors (Lipinski definition) is 1. The molecular formula is C13H16N2OS. The van der Waals surface area contributed by atoms with Gasteiger partial charge in [0.1, 0.15) is 5.75 Å². The van der Waals surface area contributed by atoms with Crippen LogP contribution in [0.5, 0.6) is 5.75 Å². The number of aromatic nitrogens is 1. The van der Waals surface area contributed by atoms with Gasteiger partial charge in [-0.25, -0.2) is 4.98 Å². The van der Waals surface area contributed by atoms with E-state index in [0.29, 0.717) is 11.2 Å². The van der Waals surface area contributed by atoms with Gasteiger partial charge >= 0.3 is 0 Å². The second kappa shape index (κ2) is 4.53. The zero-order valence-corrected chi connectivity index (χ0v) is 10.5. The molecule has 1 fully saturated rings. The summed E-state index contributed by atoms with van der Waals surface area (Å²) in [6.45, 7) is 0. The molecule has 1 aromatic heterocycles.